The minimum absolute atomic E-state index is 0.152. The van der Waals surface area contributed by atoms with E-state index in [1.807, 2.05) is 6.92 Å². The highest BCUT2D eigenvalue weighted by molar-refractivity contribution is 6.02. The van der Waals surface area contributed by atoms with Gasteiger partial charge in [0.25, 0.3) is 5.91 Å². The second-order valence-electron chi connectivity index (χ2n) is 4.29. The van der Waals surface area contributed by atoms with E-state index in [2.05, 4.69) is 10.6 Å². The molecule has 6 N–H and O–H groups in total. The fraction of sp³-hybridized carbons (Fsp3) is 0.385. The third kappa shape index (κ3) is 3.87. The van der Waals surface area contributed by atoms with Gasteiger partial charge in [0, 0.05) is 6.54 Å². The van der Waals surface area contributed by atoms with Crippen LogP contribution in [0.4, 0.5) is 11.4 Å². The van der Waals surface area contributed by atoms with E-state index in [4.69, 9.17) is 11.5 Å². The highest BCUT2D eigenvalue weighted by Gasteiger charge is 2.17. The Kier molecular flexibility index (Phi) is 5.17. The van der Waals surface area contributed by atoms with E-state index in [-0.39, 0.29) is 11.5 Å². The number of hydrogen-bond acceptors (Lipinski definition) is 4. The van der Waals surface area contributed by atoms with Crippen molar-refractivity contribution in [3.63, 3.8) is 0 Å². The monoisotopic (exact) mass is 264 g/mol. The van der Waals surface area contributed by atoms with Gasteiger partial charge in [-0.05, 0) is 25.5 Å². The Balaban J connectivity index is 2.87. The van der Waals surface area contributed by atoms with E-state index < -0.39 is 11.9 Å². The van der Waals surface area contributed by atoms with Gasteiger partial charge in [-0.3, -0.25) is 9.59 Å². The summed E-state index contributed by atoms with van der Waals surface area (Å²) >= 11 is 0. The SMILES string of the molecule is CCCNC(=O)C(C)Nc1c(N)cccc1C(N)=O. The number of para-hydroxylation sites is 1. The fourth-order valence-corrected chi connectivity index (χ4v) is 1.62. The number of nitrogen functional groups attached to an aromatic ring is 1. The van der Waals surface area contributed by atoms with Crippen molar-refractivity contribution in [2.45, 2.75) is 26.3 Å². The lowest BCUT2D eigenvalue weighted by Crippen LogP contribution is -2.38. The van der Waals surface area contributed by atoms with Crippen molar-refractivity contribution < 1.29 is 9.59 Å². The quantitative estimate of drug-likeness (QED) is 0.567. The number of nitrogens with one attached hydrogen (secondary N) is 2. The van der Waals surface area contributed by atoms with Gasteiger partial charge in [-0.25, -0.2) is 0 Å². The summed E-state index contributed by atoms with van der Waals surface area (Å²) in [5, 5.41) is 5.69. The molecular weight excluding hydrogens is 244 g/mol. The Morgan fingerprint density at radius 3 is 2.63 bits per heavy atom. The molecule has 0 radical (unpaired) electrons. The number of amides is 2. The molecule has 6 nitrogen and oxygen atoms in total. The van der Waals surface area contributed by atoms with Gasteiger partial charge < -0.3 is 22.1 Å². The van der Waals surface area contributed by atoms with Crippen LogP contribution in [-0.4, -0.2) is 24.4 Å². The zero-order valence-electron chi connectivity index (χ0n) is 11.2. The minimum atomic E-state index is -0.587. The molecule has 0 spiro atoms. The zero-order valence-corrected chi connectivity index (χ0v) is 11.2. The van der Waals surface area contributed by atoms with E-state index in [0.29, 0.717) is 17.9 Å². The number of carbonyl (C=O) groups excluding carboxylic acids is 2. The van der Waals surface area contributed by atoms with Crippen LogP contribution >= 0.6 is 0 Å². The third-order valence-electron chi connectivity index (χ3n) is 2.67. The van der Waals surface area contributed by atoms with Crippen molar-refractivity contribution in [1.29, 1.82) is 0 Å². The lowest BCUT2D eigenvalue weighted by atomic mass is 10.1. The van der Waals surface area contributed by atoms with Crippen molar-refractivity contribution in [2.75, 3.05) is 17.6 Å². The van der Waals surface area contributed by atoms with Crippen LogP contribution in [0.25, 0.3) is 0 Å². The number of carbonyl (C=O) groups is 2. The molecule has 1 atom stereocenters. The molecule has 0 heterocycles. The molecule has 1 rings (SSSR count). The van der Waals surface area contributed by atoms with Gasteiger partial charge in [0.15, 0.2) is 0 Å². The van der Waals surface area contributed by atoms with E-state index in [9.17, 15) is 9.59 Å². The maximum atomic E-state index is 11.8. The first-order valence-corrected chi connectivity index (χ1v) is 6.19. The topological polar surface area (TPSA) is 110 Å². The lowest BCUT2D eigenvalue weighted by molar-refractivity contribution is -0.121. The molecule has 0 saturated carbocycles. The van der Waals surface area contributed by atoms with E-state index in [0.717, 1.165) is 6.42 Å². The van der Waals surface area contributed by atoms with Crippen LogP contribution in [0.3, 0.4) is 0 Å². The number of primary amides is 1. The van der Waals surface area contributed by atoms with E-state index >= 15 is 0 Å². The van der Waals surface area contributed by atoms with Crippen LogP contribution in [0.2, 0.25) is 0 Å². The molecule has 104 valence electrons. The molecular formula is C13H20N4O2. The molecule has 0 saturated heterocycles. The number of rotatable bonds is 6. The Hall–Kier alpha value is -2.24. The van der Waals surface area contributed by atoms with Crippen LogP contribution in [0.5, 0.6) is 0 Å². The van der Waals surface area contributed by atoms with Crippen LogP contribution in [0, 0.1) is 0 Å². The average molecular weight is 264 g/mol. The Labute approximate surface area is 112 Å². The molecule has 1 unspecified atom stereocenters. The maximum Gasteiger partial charge on any atom is 0.250 e. The molecule has 2 amide bonds. The molecule has 0 fully saturated rings. The second-order valence-corrected chi connectivity index (χ2v) is 4.29. The van der Waals surface area contributed by atoms with Crippen LogP contribution in [0.1, 0.15) is 30.6 Å². The summed E-state index contributed by atoms with van der Waals surface area (Å²) in [5.74, 6) is -0.739. The van der Waals surface area contributed by atoms with Crippen molar-refractivity contribution in [3.05, 3.63) is 23.8 Å². The normalized spacial score (nSPS) is 11.7. The molecule has 0 aromatic heterocycles. The van der Waals surface area contributed by atoms with Crippen LogP contribution < -0.4 is 22.1 Å². The summed E-state index contributed by atoms with van der Waals surface area (Å²) in [6.07, 6.45) is 0.860. The molecule has 1 aromatic carbocycles. The molecule has 6 heteroatoms. The number of anilines is 2. The second kappa shape index (κ2) is 6.63. The first-order valence-electron chi connectivity index (χ1n) is 6.19. The van der Waals surface area contributed by atoms with Crippen molar-refractivity contribution in [3.8, 4) is 0 Å². The summed E-state index contributed by atoms with van der Waals surface area (Å²) < 4.78 is 0. The van der Waals surface area contributed by atoms with E-state index in [1.54, 1.807) is 25.1 Å². The number of nitrogens with two attached hydrogens (primary N) is 2. The fourth-order valence-electron chi connectivity index (χ4n) is 1.62. The molecule has 0 aliphatic heterocycles. The Bertz CT molecular complexity index is 474. The molecule has 19 heavy (non-hydrogen) atoms. The van der Waals surface area contributed by atoms with Gasteiger partial charge in [-0.2, -0.15) is 0 Å². The molecule has 0 bridgehead atoms. The smallest absolute Gasteiger partial charge is 0.250 e. The first-order chi connectivity index (χ1) is 8.97. The summed E-state index contributed by atoms with van der Waals surface area (Å²) in [4.78, 5) is 23.1. The van der Waals surface area contributed by atoms with E-state index in [1.165, 1.54) is 0 Å². The lowest BCUT2D eigenvalue weighted by Gasteiger charge is -2.18. The Morgan fingerprint density at radius 2 is 2.05 bits per heavy atom. The average Bonchev–Trinajstić information content (AvgIpc) is 2.37. The minimum Gasteiger partial charge on any atom is -0.397 e. The third-order valence-corrected chi connectivity index (χ3v) is 2.67. The highest BCUT2D eigenvalue weighted by atomic mass is 16.2. The highest BCUT2D eigenvalue weighted by Crippen LogP contribution is 2.23. The molecule has 0 aliphatic rings. The van der Waals surface area contributed by atoms with Gasteiger partial charge in [0.05, 0.1) is 16.9 Å². The van der Waals surface area contributed by atoms with Gasteiger partial charge >= 0.3 is 0 Å². The predicted octanol–water partition coefficient (Wildman–Crippen LogP) is 0.694. The van der Waals surface area contributed by atoms with Crippen LogP contribution in [-0.2, 0) is 4.79 Å². The zero-order chi connectivity index (χ0) is 14.4. The van der Waals surface area contributed by atoms with Gasteiger partial charge in [0.2, 0.25) is 5.91 Å². The van der Waals surface area contributed by atoms with Crippen LogP contribution in [0.15, 0.2) is 18.2 Å². The van der Waals surface area contributed by atoms with Crippen molar-refractivity contribution >= 4 is 23.2 Å². The number of benzene rings is 1. The standard InChI is InChI=1S/C13H20N4O2/c1-3-7-16-13(19)8(2)17-11-9(12(15)18)5-4-6-10(11)14/h4-6,8,17H,3,7,14H2,1-2H3,(H2,15,18)(H,16,19). The maximum absolute atomic E-state index is 11.8. The molecule has 0 aliphatic carbocycles. The summed E-state index contributed by atoms with van der Waals surface area (Å²) in [6.45, 7) is 4.28. The van der Waals surface area contributed by atoms with Crippen molar-refractivity contribution in [1.82, 2.24) is 5.32 Å². The summed E-state index contributed by atoms with van der Waals surface area (Å²) in [6, 6.07) is 4.35. The number of hydrogen-bond donors (Lipinski definition) is 4. The first kappa shape index (κ1) is 14.8. The summed E-state index contributed by atoms with van der Waals surface area (Å²) in [5.41, 5.74) is 12.1. The largest absolute Gasteiger partial charge is 0.397 e. The van der Waals surface area contributed by atoms with Gasteiger partial charge in [-0.15, -0.1) is 0 Å². The molecule has 1 aromatic rings. The Morgan fingerprint density at radius 1 is 1.37 bits per heavy atom. The van der Waals surface area contributed by atoms with Gasteiger partial charge in [-0.1, -0.05) is 13.0 Å². The predicted molar refractivity (Wildman–Crippen MR) is 75.8 cm³/mol. The summed E-state index contributed by atoms with van der Waals surface area (Å²) in [7, 11) is 0. The van der Waals surface area contributed by atoms with Gasteiger partial charge in [0.1, 0.15) is 6.04 Å². The van der Waals surface area contributed by atoms with Crippen molar-refractivity contribution in [2.24, 2.45) is 5.73 Å².